The van der Waals surface area contributed by atoms with Gasteiger partial charge in [0.1, 0.15) is 17.5 Å². The summed E-state index contributed by atoms with van der Waals surface area (Å²) in [4.78, 5) is 9.22. The van der Waals surface area contributed by atoms with E-state index in [4.69, 9.17) is 11.5 Å². The second-order valence-electron chi connectivity index (χ2n) is 5.11. The van der Waals surface area contributed by atoms with Crippen molar-refractivity contribution in [1.82, 2.24) is 9.97 Å². The van der Waals surface area contributed by atoms with E-state index in [-0.39, 0.29) is 17.3 Å². The fourth-order valence-corrected chi connectivity index (χ4v) is 2.83. The molecule has 0 radical (unpaired) electrons. The molecule has 2 aromatic carbocycles. The lowest BCUT2D eigenvalue weighted by Crippen LogP contribution is -2.04. The van der Waals surface area contributed by atoms with Gasteiger partial charge in [-0.1, -0.05) is 36.4 Å². The van der Waals surface area contributed by atoms with Crippen molar-refractivity contribution in [1.29, 1.82) is 5.26 Å². The summed E-state index contributed by atoms with van der Waals surface area (Å²) < 4.78 is 0. The Morgan fingerprint density at radius 2 is 1.42 bits per heavy atom. The van der Waals surface area contributed by atoms with E-state index in [9.17, 15) is 5.26 Å². The highest BCUT2D eigenvalue weighted by atomic mass is 32.2. The van der Waals surface area contributed by atoms with Gasteiger partial charge in [-0.2, -0.15) is 10.2 Å². The molecule has 0 bridgehead atoms. The molecule has 0 saturated carbocycles. The van der Waals surface area contributed by atoms with Crippen molar-refractivity contribution in [3.8, 4) is 28.5 Å². The van der Waals surface area contributed by atoms with Crippen molar-refractivity contribution in [3.63, 3.8) is 0 Å². The molecule has 1 heterocycles. The standard InChI is InChI=1S/C18H15N5S/c1-24-14-8-6-12(7-9-14)11-2-4-13(5-3-11)16-15(10-19)17(20)23-18(21)22-16/h2-9H,1H3,(H4,20,21,22,23). The molecule has 4 N–H and O–H groups in total. The van der Waals surface area contributed by atoms with Gasteiger partial charge in [0.05, 0.1) is 5.69 Å². The molecule has 0 saturated heterocycles. The van der Waals surface area contributed by atoms with Crippen LogP contribution in [-0.2, 0) is 0 Å². The zero-order valence-corrected chi connectivity index (χ0v) is 13.8. The minimum absolute atomic E-state index is 0.0539. The average Bonchev–Trinajstić information content (AvgIpc) is 2.61. The molecule has 118 valence electrons. The van der Waals surface area contributed by atoms with Crippen LogP contribution in [0.25, 0.3) is 22.4 Å². The minimum Gasteiger partial charge on any atom is -0.382 e. The van der Waals surface area contributed by atoms with Crippen molar-refractivity contribution in [2.24, 2.45) is 0 Å². The number of nitrogens with two attached hydrogens (primary N) is 2. The van der Waals surface area contributed by atoms with Crippen LogP contribution >= 0.6 is 11.8 Å². The number of hydrogen-bond donors (Lipinski definition) is 2. The van der Waals surface area contributed by atoms with Crippen LogP contribution in [0.15, 0.2) is 53.4 Å². The normalized spacial score (nSPS) is 10.3. The lowest BCUT2D eigenvalue weighted by Gasteiger charge is -2.08. The Kier molecular flexibility index (Phi) is 4.36. The molecule has 1 aromatic heterocycles. The Morgan fingerprint density at radius 1 is 0.875 bits per heavy atom. The van der Waals surface area contributed by atoms with Crippen LogP contribution < -0.4 is 11.5 Å². The molecule has 0 spiro atoms. The fraction of sp³-hybridized carbons (Fsp3) is 0.0556. The van der Waals surface area contributed by atoms with E-state index < -0.39 is 0 Å². The monoisotopic (exact) mass is 333 g/mol. The molecule has 0 aliphatic heterocycles. The molecule has 0 aliphatic carbocycles. The van der Waals surface area contributed by atoms with Crippen LogP contribution in [0.1, 0.15) is 5.56 Å². The van der Waals surface area contributed by atoms with E-state index in [0.717, 1.165) is 16.7 Å². The van der Waals surface area contributed by atoms with Crippen LogP contribution in [0.2, 0.25) is 0 Å². The summed E-state index contributed by atoms with van der Waals surface area (Å²) in [6.45, 7) is 0. The van der Waals surface area contributed by atoms with Crippen LogP contribution in [0.5, 0.6) is 0 Å². The minimum atomic E-state index is 0.0539. The smallest absolute Gasteiger partial charge is 0.222 e. The number of thioether (sulfide) groups is 1. The summed E-state index contributed by atoms with van der Waals surface area (Å²) in [5, 5.41) is 9.28. The molecule has 6 heteroatoms. The molecule has 0 fully saturated rings. The maximum Gasteiger partial charge on any atom is 0.222 e. The molecule has 5 nitrogen and oxygen atoms in total. The zero-order chi connectivity index (χ0) is 17.1. The van der Waals surface area contributed by atoms with Gasteiger partial charge in [0, 0.05) is 10.5 Å². The second-order valence-corrected chi connectivity index (χ2v) is 5.99. The molecule has 0 amide bonds. The van der Waals surface area contributed by atoms with Crippen molar-refractivity contribution in [3.05, 3.63) is 54.1 Å². The lowest BCUT2D eigenvalue weighted by atomic mass is 10.0. The molecular formula is C18H15N5S. The predicted octanol–water partition coefficient (Wildman–Crippen LogP) is 3.57. The topological polar surface area (TPSA) is 102 Å². The first-order valence-electron chi connectivity index (χ1n) is 7.20. The second kappa shape index (κ2) is 6.60. The Labute approximate surface area is 144 Å². The molecule has 0 aliphatic rings. The molecule has 24 heavy (non-hydrogen) atoms. The van der Waals surface area contributed by atoms with Gasteiger partial charge in [-0.15, -0.1) is 11.8 Å². The lowest BCUT2D eigenvalue weighted by molar-refractivity contribution is 1.18. The Morgan fingerprint density at radius 3 is 1.96 bits per heavy atom. The Bertz CT molecular complexity index is 912. The van der Waals surface area contributed by atoms with Gasteiger partial charge in [-0.05, 0) is 29.5 Å². The van der Waals surface area contributed by atoms with Gasteiger partial charge in [-0.25, -0.2) is 4.98 Å². The number of nitriles is 1. The number of nitrogen functional groups attached to an aromatic ring is 2. The van der Waals surface area contributed by atoms with Gasteiger partial charge < -0.3 is 11.5 Å². The van der Waals surface area contributed by atoms with Crippen LogP contribution in [-0.4, -0.2) is 16.2 Å². The van der Waals surface area contributed by atoms with E-state index in [1.807, 2.05) is 30.3 Å². The summed E-state index contributed by atoms with van der Waals surface area (Å²) in [7, 11) is 0. The summed E-state index contributed by atoms with van der Waals surface area (Å²) in [6.07, 6.45) is 2.05. The third-order valence-corrected chi connectivity index (χ3v) is 4.39. The fourth-order valence-electron chi connectivity index (χ4n) is 2.42. The third-order valence-electron chi connectivity index (χ3n) is 3.65. The van der Waals surface area contributed by atoms with Crippen LogP contribution in [0, 0.1) is 11.3 Å². The van der Waals surface area contributed by atoms with Crippen LogP contribution in [0.3, 0.4) is 0 Å². The van der Waals surface area contributed by atoms with Gasteiger partial charge in [0.2, 0.25) is 5.95 Å². The molecule has 3 aromatic rings. The van der Waals surface area contributed by atoms with Gasteiger partial charge in [-0.3, -0.25) is 0 Å². The summed E-state index contributed by atoms with van der Waals surface area (Å²) in [6, 6.07) is 18.2. The summed E-state index contributed by atoms with van der Waals surface area (Å²) in [5.41, 5.74) is 15.1. The SMILES string of the molecule is CSc1ccc(-c2ccc(-c3nc(N)nc(N)c3C#N)cc2)cc1. The van der Waals surface area contributed by atoms with Crippen molar-refractivity contribution in [2.75, 3.05) is 17.7 Å². The van der Waals surface area contributed by atoms with E-state index in [2.05, 4.69) is 40.5 Å². The highest BCUT2D eigenvalue weighted by molar-refractivity contribution is 7.98. The number of rotatable bonds is 3. The number of aromatic nitrogens is 2. The van der Waals surface area contributed by atoms with E-state index in [0.29, 0.717) is 5.69 Å². The van der Waals surface area contributed by atoms with E-state index in [1.54, 1.807) is 11.8 Å². The zero-order valence-electron chi connectivity index (χ0n) is 13.0. The highest BCUT2D eigenvalue weighted by Crippen LogP contribution is 2.28. The first kappa shape index (κ1) is 15.8. The first-order chi connectivity index (χ1) is 11.6. The van der Waals surface area contributed by atoms with Crippen molar-refractivity contribution in [2.45, 2.75) is 4.90 Å². The quantitative estimate of drug-likeness (QED) is 0.710. The van der Waals surface area contributed by atoms with Gasteiger partial charge in [0.15, 0.2) is 0 Å². The third kappa shape index (κ3) is 3.03. The van der Waals surface area contributed by atoms with Crippen molar-refractivity contribution < 1.29 is 0 Å². The summed E-state index contributed by atoms with van der Waals surface area (Å²) >= 11 is 1.71. The maximum atomic E-state index is 9.28. The first-order valence-corrected chi connectivity index (χ1v) is 8.43. The number of hydrogen-bond acceptors (Lipinski definition) is 6. The predicted molar refractivity (Wildman–Crippen MR) is 98.2 cm³/mol. The van der Waals surface area contributed by atoms with E-state index in [1.165, 1.54) is 4.90 Å². The van der Waals surface area contributed by atoms with E-state index >= 15 is 0 Å². The Hall–Kier alpha value is -3.04. The largest absolute Gasteiger partial charge is 0.382 e. The van der Waals surface area contributed by atoms with Gasteiger partial charge in [0.25, 0.3) is 0 Å². The Balaban J connectivity index is 1.99. The molecule has 0 atom stereocenters. The summed E-state index contributed by atoms with van der Waals surface area (Å²) in [5.74, 6) is 0.148. The van der Waals surface area contributed by atoms with Gasteiger partial charge >= 0.3 is 0 Å². The van der Waals surface area contributed by atoms with Crippen LogP contribution in [0.4, 0.5) is 11.8 Å². The number of anilines is 2. The average molecular weight is 333 g/mol. The molecule has 0 unspecified atom stereocenters. The number of nitrogens with zero attached hydrogens (tertiary/aromatic N) is 3. The molecular weight excluding hydrogens is 318 g/mol. The van der Waals surface area contributed by atoms with Crippen molar-refractivity contribution >= 4 is 23.5 Å². The number of benzene rings is 2. The molecule has 3 rings (SSSR count). The highest BCUT2D eigenvalue weighted by Gasteiger charge is 2.13. The maximum absolute atomic E-state index is 9.28.